The summed E-state index contributed by atoms with van der Waals surface area (Å²) in [7, 11) is 1.39. The molecule has 0 radical (unpaired) electrons. The molecule has 0 heterocycles. The second-order valence-electron chi connectivity index (χ2n) is 7.98. The lowest BCUT2D eigenvalue weighted by Gasteiger charge is -2.14. The fraction of sp³-hybridized carbons (Fsp3) is 0.172. The molecule has 4 aromatic carbocycles. The molecule has 0 aliphatic carbocycles. The summed E-state index contributed by atoms with van der Waals surface area (Å²) in [5.74, 6) is -0.658. The molecular formula is C29H26O4. The van der Waals surface area contributed by atoms with Crippen LogP contribution >= 0.6 is 0 Å². The zero-order valence-corrected chi connectivity index (χ0v) is 19.3. The molecular weight excluding hydrogens is 412 g/mol. The van der Waals surface area contributed by atoms with Gasteiger partial charge in [0.05, 0.1) is 24.8 Å². The van der Waals surface area contributed by atoms with Crippen molar-refractivity contribution in [2.45, 2.75) is 20.8 Å². The van der Waals surface area contributed by atoms with Gasteiger partial charge in [0, 0.05) is 0 Å². The van der Waals surface area contributed by atoms with E-state index in [-0.39, 0.29) is 11.9 Å². The van der Waals surface area contributed by atoms with Crippen LogP contribution in [0.3, 0.4) is 0 Å². The molecule has 4 rings (SSSR count). The maximum absolute atomic E-state index is 12.4. The lowest BCUT2D eigenvalue weighted by molar-refractivity contribution is 0.0524. The molecule has 0 unspecified atom stereocenters. The molecule has 0 atom stereocenters. The van der Waals surface area contributed by atoms with Gasteiger partial charge in [0.2, 0.25) is 0 Å². The summed E-state index contributed by atoms with van der Waals surface area (Å²) >= 11 is 0. The molecule has 33 heavy (non-hydrogen) atoms. The van der Waals surface area contributed by atoms with E-state index in [4.69, 9.17) is 9.47 Å². The first-order valence-corrected chi connectivity index (χ1v) is 10.9. The molecule has 0 spiro atoms. The second kappa shape index (κ2) is 9.29. The Morgan fingerprint density at radius 2 is 1.18 bits per heavy atom. The van der Waals surface area contributed by atoms with Gasteiger partial charge in [0.15, 0.2) is 0 Å². The minimum absolute atomic E-state index is 0.312. The molecule has 4 nitrogen and oxygen atoms in total. The highest BCUT2D eigenvalue weighted by atomic mass is 16.5. The number of esters is 2. The van der Waals surface area contributed by atoms with Crippen LogP contribution in [0.4, 0.5) is 0 Å². The third kappa shape index (κ3) is 4.24. The standard InChI is InChI=1S/C29H26O4/c1-5-33-29(31)27-17-21(15-13-19(27)3)23-9-7-10-24-22(8-6-11-25(23)24)20-14-12-18(2)26(16-20)28(30)32-4/h6-17H,5H2,1-4H3. The quantitative estimate of drug-likeness (QED) is 0.323. The van der Waals surface area contributed by atoms with Crippen LogP contribution in [0.1, 0.15) is 38.8 Å². The molecule has 4 heteroatoms. The monoisotopic (exact) mass is 438 g/mol. The van der Waals surface area contributed by atoms with Crippen LogP contribution in [0.25, 0.3) is 33.0 Å². The van der Waals surface area contributed by atoms with Crippen molar-refractivity contribution in [1.29, 1.82) is 0 Å². The molecule has 0 N–H and O–H groups in total. The summed E-state index contributed by atoms with van der Waals surface area (Å²) in [5.41, 5.74) is 6.83. The Morgan fingerprint density at radius 1 is 0.697 bits per heavy atom. The van der Waals surface area contributed by atoms with Crippen LogP contribution in [-0.4, -0.2) is 25.7 Å². The van der Waals surface area contributed by atoms with Crippen molar-refractivity contribution in [2.24, 2.45) is 0 Å². The van der Waals surface area contributed by atoms with Crippen LogP contribution in [0, 0.1) is 13.8 Å². The van der Waals surface area contributed by atoms with E-state index in [1.54, 1.807) is 6.92 Å². The number of benzene rings is 4. The predicted octanol–water partition coefficient (Wildman–Crippen LogP) is 6.75. The van der Waals surface area contributed by atoms with Crippen molar-refractivity contribution in [2.75, 3.05) is 13.7 Å². The summed E-state index contributed by atoms with van der Waals surface area (Å²) in [5, 5.41) is 2.13. The van der Waals surface area contributed by atoms with Gasteiger partial charge >= 0.3 is 11.9 Å². The molecule has 0 saturated heterocycles. The van der Waals surface area contributed by atoms with Crippen LogP contribution in [0.5, 0.6) is 0 Å². The minimum Gasteiger partial charge on any atom is -0.465 e. The summed E-state index contributed by atoms with van der Waals surface area (Å²) in [6.07, 6.45) is 0. The normalized spacial score (nSPS) is 10.8. The highest BCUT2D eigenvalue weighted by Crippen LogP contribution is 2.36. The van der Waals surface area contributed by atoms with Crippen LogP contribution in [0.2, 0.25) is 0 Å². The SMILES string of the molecule is CCOC(=O)c1cc(-c2cccc3c(-c4ccc(C)c(C(=O)OC)c4)cccc23)ccc1C. The summed E-state index contributed by atoms with van der Waals surface area (Å²) in [6, 6.07) is 24.0. The topological polar surface area (TPSA) is 52.6 Å². The van der Waals surface area contributed by atoms with Gasteiger partial charge in [-0.1, -0.05) is 60.7 Å². The van der Waals surface area contributed by atoms with Crippen molar-refractivity contribution < 1.29 is 19.1 Å². The Bertz CT molecular complexity index is 1370. The highest BCUT2D eigenvalue weighted by Gasteiger charge is 2.15. The Kier molecular flexibility index (Phi) is 6.27. The van der Waals surface area contributed by atoms with Crippen molar-refractivity contribution in [3.63, 3.8) is 0 Å². The zero-order chi connectivity index (χ0) is 23.5. The minimum atomic E-state index is -0.346. The second-order valence-corrected chi connectivity index (χ2v) is 7.98. The smallest absolute Gasteiger partial charge is 0.338 e. The first-order valence-electron chi connectivity index (χ1n) is 10.9. The maximum atomic E-state index is 12.4. The van der Waals surface area contributed by atoms with E-state index in [2.05, 4.69) is 24.3 Å². The van der Waals surface area contributed by atoms with E-state index >= 15 is 0 Å². The van der Waals surface area contributed by atoms with Gasteiger partial charge in [-0.25, -0.2) is 9.59 Å². The van der Waals surface area contributed by atoms with E-state index < -0.39 is 0 Å². The summed E-state index contributed by atoms with van der Waals surface area (Å²) in [6.45, 7) is 5.95. The van der Waals surface area contributed by atoms with Gasteiger partial charge in [0.1, 0.15) is 0 Å². The molecule has 0 aromatic heterocycles. The van der Waals surface area contributed by atoms with Gasteiger partial charge in [-0.05, 0) is 77.1 Å². The average Bonchev–Trinajstić information content (AvgIpc) is 2.83. The lowest BCUT2D eigenvalue weighted by Crippen LogP contribution is -2.06. The Balaban J connectivity index is 1.88. The molecule has 0 amide bonds. The van der Waals surface area contributed by atoms with Gasteiger partial charge < -0.3 is 9.47 Å². The summed E-state index contributed by atoms with van der Waals surface area (Å²) < 4.78 is 10.2. The van der Waals surface area contributed by atoms with Crippen LogP contribution in [0.15, 0.2) is 72.8 Å². The number of aryl methyl sites for hydroxylation is 2. The largest absolute Gasteiger partial charge is 0.465 e. The van der Waals surface area contributed by atoms with Crippen molar-refractivity contribution >= 4 is 22.7 Å². The number of hydrogen-bond donors (Lipinski definition) is 0. The molecule has 4 aromatic rings. The maximum Gasteiger partial charge on any atom is 0.338 e. The van der Waals surface area contributed by atoms with Crippen molar-refractivity contribution in [1.82, 2.24) is 0 Å². The van der Waals surface area contributed by atoms with Crippen molar-refractivity contribution in [3.05, 3.63) is 95.1 Å². The number of carbonyl (C=O) groups excluding carboxylic acids is 2. The number of rotatable bonds is 5. The number of hydrogen-bond acceptors (Lipinski definition) is 4. The number of carbonyl (C=O) groups is 2. The van der Waals surface area contributed by atoms with Gasteiger partial charge in [-0.3, -0.25) is 0 Å². The van der Waals surface area contributed by atoms with E-state index in [0.717, 1.165) is 44.2 Å². The van der Waals surface area contributed by atoms with Crippen LogP contribution < -0.4 is 0 Å². The van der Waals surface area contributed by atoms with E-state index in [0.29, 0.717) is 17.7 Å². The number of methoxy groups -OCH3 is 1. The fourth-order valence-electron chi connectivity index (χ4n) is 4.15. The average molecular weight is 439 g/mol. The molecule has 0 fully saturated rings. The Morgan fingerprint density at radius 3 is 1.64 bits per heavy atom. The first kappa shape index (κ1) is 22.3. The molecule has 166 valence electrons. The molecule has 0 aliphatic rings. The third-order valence-electron chi connectivity index (χ3n) is 5.92. The number of ether oxygens (including phenoxy) is 2. The molecule has 0 bridgehead atoms. The first-order chi connectivity index (χ1) is 15.9. The Hall–Kier alpha value is -3.92. The van der Waals surface area contributed by atoms with Gasteiger partial charge in [-0.2, -0.15) is 0 Å². The van der Waals surface area contributed by atoms with Crippen LogP contribution in [-0.2, 0) is 9.47 Å². The van der Waals surface area contributed by atoms with E-state index in [9.17, 15) is 9.59 Å². The lowest BCUT2D eigenvalue weighted by atomic mass is 9.91. The van der Waals surface area contributed by atoms with Gasteiger partial charge in [0.25, 0.3) is 0 Å². The molecule has 0 saturated carbocycles. The third-order valence-corrected chi connectivity index (χ3v) is 5.92. The van der Waals surface area contributed by atoms with Gasteiger partial charge in [-0.15, -0.1) is 0 Å². The summed E-state index contributed by atoms with van der Waals surface area (Å²) in [4.78, 5) is 24.7. The van der Waals surface area contributed by atoms with E-state index in [1.165, 1.54) is 7.11 Å². The Labute approximate surface area is 193 Å². The number of fused-ring (bicyclic) bond motifs is 1. The molecule has 0 aliphatic heterocycles. The van der Waals surface area contributed by atoms with Crippen molar-refractivity contribution in [3.8, 4) is 22.3 Å². The zero-order valence-electron chi connectivity index (χ0n) is 19.3. The van der Waals surface area contributed by atoms with E-state index in [1.807, 2.05) is 62.4 Å². The highest BCUT2D eigenvalue weighted by molar-refractivity contribution is 6.05. The predicted molar refractivity (Wildman–Crippen MR) is 132 cm³/mol. The fourth-order valence-corrected chi connectivity index (χ4v) is 4.15.